The summed E-state index contributed by atoms with van der Waals surface area (Å²) in [6.45, 7) is 3.86. The van der Waals surface area contributed by atoms with Crippen LogP contribution in [-0.2, 0) is 0 Å². The SMILES string of the molecule is CC[C@H](CO)NC(=O)c1ccc(C)c(Br)c1. The van der Waals surface area contributed by atoms with Gasteiger partial charge in [0.05, 0.1) is 12.6 Å². The van der Waals surface area contributed by atoms with Crippen molar-refractivity contribution in [2.24, 2.45) is 0 Å². The van der Waals surface area contributed by atoms with Crippen molar-refractivity contribution in [3.63, 3.8) is 0 Å². The molecule has 0 saturated heterocycles. The third-order valence-corrected chi connectivity index (χ3v) is 3.34. The minimum atomic E-state index is -0.174. The van der Waals surface area contributed by atoms with Crippen molar-refractivity contribution in [3.8, 4) is 0 Å². The Bertz CT molecular complexity index is 375. The van der Waals surface area contributed by atoms with Gasteiger partial charge >= 0.3 is 0 Å². The van der Waals surface area contributed by atoms with Gasteiger partial charge in [-0.2, -0.15) is 0 Å². The average molecular weight is 286 g/mol. The molecule has 0 fully saturated rings. The number of amides is 1. The van der Waals surface area contributed by atoms with Crippen molar-refractivity contribution in [2.75, 3.05) is 6.61 Å². The standard InChI is InChI=1S/C12H16BrNO2/c1-3-10(7-15)14-12(16)9-5-4-8(2)11(13)6-9/h4-6,10,15H,3,7H2,1-2H3,(H,14,16)/t10-/m1/s1. The lowest BCUT2D eigenvalue weighted by atomic mass is 10.1. The van der Waals surface area contributed by atoms with Crippen molar-refractivity contribution < 1.29 is 9.90 Å². The van der Waals surface area contributed by atoms with E-state index >= 15 is 0 Å². The number of carbonyl (C=O) groups is 1. The molecule has 1 aromatic rings. The predicted molar refractivity (Wildman–Crippen MR) is 67.5 cm³/mol. The lowest BCUT2D eigenvalue weighted by molar-refractivity contribution is 0.0915. The summed E-state index contributed by atoms with van der Waals surface area (Å²) in [6.07, 6.45) is 0.718. The van der Waals surface area contributed by atoms with Crippen LogP contribution in [0.3, 0.4) is 0 Å². The van der Waals surface area contributed by atoms with Crippen LogP contribution in [0.15, 0.2) is 22.7 Å². The molecule has 0 aliphatic rings. The number of nitrogens with one attached hydrogen (secondary N) is 1. The Balaban J connectivity index is 2.76. The van der Waals surface area contributed by atoms with Crippen LogP contribution < -0.4 is 5.32 Å². The minimum Gasteiger partial charge on any atom is -0.394 e. The molecule has 4 heteroatoms. The molecule has 0 aliphatic carbocycles. The second-order valence-corrected chi connectivity index (χ2v) is 4.58. The largest absolute Gasteiger partial charge is 0.394 e. The summed E-state index contributed by atoms with van der Waals surface area (Å²) in [5, 5.41) is 11.8. The Morgan fingerprint density at radius 2 is 2.25 bits per heavy atom. The Morgan fingerprint density at radius 3 is 2.75 bits per heavy atom. The highest BCUT2D eigenvalue weighted by molar-refractivity contribution is 9.10. The Hall–Kier alpha value is -0.870. The van der Waals surface area contributed by atoms with Gasteiger partial charge in [0.25, 0.3) is 5.91 Å². The van der Waals surface area contributed by atoms with E-state index in [0.29, 0.717) is 5.56 Å². The maximum atomic E-state index is 11.8. The van der Waals surface area contributed by atoms with Gasteiger partial charge in [0.2, 0.25) is 0 Å². The van der Waals surface area contributed by atoms with Gasteiger partial charge in [-0.1, -0.05) is 28.9 Å². The van der Waals surface area contributed by atoms with Crippen LogP contribution in [0.5, 0.6) is 0 Å². The molecule has 3 nitrogen and oxygen atoms in total. The van der Waals surface area contributed by atoms with Crippen LogP contribution in [0.25, 0.3) is 0 Å². The molecule has 0 radical (unpaired) electrons. The smallest absolute Gasteiger partial charge is 0.251 e. The molecule has 0 saturated carbocycles. The summed E-state index contributed by atoms with van der Waals surface area (Å²) in [6, 6.07) is 5.28. The summed E-state index contributed by atoms with van der Waals surface area (Å²) < 4.78 is 0.914. The maximum absolute atomic E-state index is 11.8. The van der Waals surface area contributed by atoms with Crippen LogP contribution in [0.1, 0.15) is 29.3 Å². The summed E-state index contributed by atoms with van der Waals surface area (Å²) in [5.74, 6) is -0.151. The number of halogens is 1. The van der Waals surface area contributed by atoms with E-state index in [9.17, 15) is 4.79 Å². The second-order valence-electron chi connectivity index (χ2n) is 3.73. The van der Waals surface area contributed by atoms with E-state index < -0.39 is 0 Å². The normalized spacial score (nSPS) is 12.2. The first-order valence-electron chi connectivity index (χ1n) is 5.26. The molecule has 88 valence electrons. The third kappa shape index (κ3) is 3.32. The zero-order valence-corrected chi connectivity index (χ0v) is 11.0. The van der Waals surface area contributed by atoms with E-state index in [4.69, 9.17) is 5.11 Å². The molecule has 0 heterocycles. The first kappa shape index (κ1) is 13.2. The van der Waals surface area contributed by atoms with Crippen LogP contribution in [-0.4, -0.2) is 23.7 Å². The summed E-state index contributed by atoms with van der Waals surface area (Å²) in [7, 11) is 0. The minimum absolute atomic E-state index is 0.0325. The van der Waals surface area contributed by atoms with Crippen molar-refractivity contribution >= 4 is 21.8 Å². The van der Waals surface area contributed by atoms with Crippen molar-refractivity contribution in [3.05, 3.63) is 33.8 Å². The van der Waals surface area contributed by atoms with E-state index in [1.165, 1.54) is 0 Å². The Morgan fingerprint density at radius 1 is 1.56 bits per heavy atom. The monoisotopic (exact) mass is 285 g/mol. The van der Waals surface area contributed by atoms with Gasteiger partial charge in [0, 0.05) is 10.0 Å². The number of aliphatic hydroxyl groups excluding tert-OH is 1. The Labute approximate surface area is 104 Å². The number of aliphatic hydroxyl groups is 1. The molecule has 1 aromatic carbocycles. The van der Waals surface area contributed by atoms with Crippen LogP contribution in [0.4, 0.5) is 0 Å². The van der Waals surface area contributed by atoms with Gasteiger partial charge in [-0.15, -0.1) is 0 Å². The highest BCUT2D eigenvalue weighted by Gasteiger charge is 2.11. The number of aryl methyl sites for hydroxylation is 1. The van der Waals surface area contributed by atoms with E-state index in [-0.39, 0.29) is 18.6 Å². The molecule has 0 aromatic heterocycles. The molecular formula is C12H16BrNO2. The molecule has 1 atom stereocenters. The van der Waals surface area contributed by atoms with Crippen molar-refractivity contribution in [2.45, 2.75) is 26.3 Å². The highest BCUT2D eigenvalue weighted by atomic mass is 79.9. The number of hydrogen-bond acceptors (Lipinski definition) is 2. The highest BCUT2D eigenvalue weighted by Crippen LogP contribution is 2.17. The van der Waals surface area contributed by atoms with E-state index in [1.54, 1.807) is 12.1 Å². The Kier molecular flexibility index (Phi) is 4.96. The number of hydrogen-bond donors (Lipinski definition) is 2. The summed E-state index contributed by atoms with van der Waals surface area (Å²) >= 11 is 3.39. The quantitative estimate of drug-likeness (QED) is 0.892. The zero-order valence-electron chi connectivity index (χ0n) is 9.46. The fourth-order valence-corrected chi connectivity index (χ4v) is 1.66. The van der Waals surface area contributed by atoms with E-state index in [2.05, 4.69) is 21.2 Å². The fraction of sp³-hybridized carbons (Fsp3) is 0.417. The van der Waals surface area contributed by atoms with Gasteiger partial charge in [0.1, 0.15) is 0 Å². The maximum Gasteiger partial charge on any atom is 0.251 e. The van der Waals surface area contributed by atoms with Crippen LogP contribution in [0.2, 0.25) is 0 Å². The first-order valence-corrected chi connectivity index (χ1v) is 6.05. The fourth-order valence-electron chi connectivity index (χ4n) is 1.28. The molecule has 0 bridgehead atoms. The lowest BCUT2D eigenvalue weighted by Crippen LogP contribution is -2.36. The zero-order chi connectivity index (χ0) is 12.1. The number of rotatable bonds is 4. The molecular weight excluding hydrogens is 270 g/mol. The molecule has 16 heavy (non-hydrogen) atoms. The molecule has 0 aliphatic heterocycles. The predicted octanol–water partition coefficient (Wildman–Crippen LogP) is 2.26. The first-order chi connectivity index (χ1) is 7.58. The molecule has 2 N–H and O–H groups in total. The van der Waals surface area contributed by atoms with Crippen LogP contribution in [0, 0.1) is 6.92 Å². The molecule has 0 unspecified atom stereocenters. The van der Waals surface area contributed by atoms with E-state index in [1.807, 2.05) is 19.9 Å². The molecule has 0 spiro atoms. The topological polar surface area (TPSA) is 49.3 Å². The van der Waals surface area contributed by atoms with Crippen molar-refractivity contribution in [1.29, 1.82) is 0 Å². The second kappa shape index (κ2) is 6.01. The van der Waals surface area contributed by atoms with Gasteiger partial charge in [-0.25, -0.2) is 0 Å². The summed E-state index contributed by atoms with van der Waals surface area (Å²) in [4.78, 5) is 11.8. The molecule has 1 amide bonds. The van der Waals surface area contributed by atoms with Crippen molar-refractivity contribution in [1.82, 2.24) is 5.32 Å². The lowest BCUT2D eigenvalue weighted by Gasteiger charge is -2.14. The number of carbonyl (C=O) groups excluding carboxylic acids is 1. The van der Waals surface area contributed by atoms with Gasteiger partial charge in [-0.3, -0.25) is 4.79 Å². The van der Waals surface area contributed by atoms with Gasteiger partial charge in [-0.05, 0) is 31.0 Å². The van der Waals surface area contributed by atoms with Crippen LogP contribution >= 0.6 is 15.9 Å². The summed E-state index contributed by atoms with van der Waals surface area (Å²) in [5.41, 5.74) is 1.69. The molecule has 1 rings (SSSR count). The average Bonchev–Trinajstić information content (AvgIpc) is 2.29. The van der Waals surface area contributed by atoms with Gasteiger partial charge < -0.3 is 10.4 Å². The third-order valence-electron chi connectivity index (χ3n) is 2.48. The van der Waals surface area contributed by atoms with Gasteiger partial charge in [0.15, 0.2) is 0 Å². The van der Waals surface area contributed by atoms with E-state index in [0.717, 1.165) is 16.5 Å². The number of benzene rings is 1.